The summed E-state index contributed by atoms with van der Waals surface area (Å²) in [7, 11) is 0. The van der Waals surface area contributed by atoms with Crippen molar-refractivity contribution >= 4 is 5.97 Å². The van der Waals surface area contributed by atoms with Crippen molar-refractivity contribution in [2.45, 2.75) is 6.61 Å². The van der Waals surface area contributed by atoms with Crippen LogP contribution in [0.15, 0.2) is 42.6 Å². The van der Waals surface area contributed by atoms with Gasteiger partial charge in [0.15, 0.2) is 0 Å². The number of benzene rings is 1. The zero-order valence-corrected chi connectivity index (χ0v) is 9.41. The molecule has 92 valence electrons. The highest BCUT2D eigenvalue weighted by molar-refractivity contribution is 5.87. The Morgan fingerprint density at radius 3 is 2.56 bits per heavy atom. The van der Waals surface area contributed by atoms with E-state index in [2.05, 4.69) is 4.98 Å². The van der Waals surface area contributed by atoms with Crippen LogP contribution in [0.25, 0.3) is 0 Å². The van der Waals surface area contributed by atoms with E-state index in [4.69, 9.17) is 14.9 Å². The van der Waals surface area contributed by atoms with E-state index < -0.39 is 5.97 Å². The molecule has 18 heavy (non-hydrogen) atoms. The highest BCUT2D eigenvalue weighted by atomic mass is 16.5. The van der Waals surface area contributed by atoms with Crippen LogP contribution in [0.5, 0.6) is 11.6 Å². The Morgan fingerprint density at radius 2 is 1.94 bits per heavy atom. The first-order valence-electron chi connectivity index (χ1n) is 5.26. The summed E-state index contributed by atoms with van der Waals surface area (Å²) in [5, 5.41) is 17.7. The molecule has 0 radical (unpaired) electrons. The summed E-state index contributed by atoms with van der Waals surface area (Å²) in [6, 6.07) is 9.54. The maximum absolute atomic E-state index is 10.8. The Bertz CT molecular complexity index is 551. The fourth-order valence-electron chi connectivity index (χ4n) is 1.38. The maximum Gasteiger partial charge on any atom is 0.335 e. The minimum absolute atomic E-state index is 0.0347. The molecule has 0 aliphatic rings. The molecule has 1 aromatic carbocycles. The number of carboxylic acids is 1. The van der Waals surface area contributed by atoms with Crippen LogP contribution in [0.4, 0.5) is 0 Å². The number of aromatic nitrogens is 1. The zero-order chi connectivity index (χ0) is 13.0. The van der Waals surface area contributed by atoms with Gasteiger partial charge < -0.3 is 14.9 Å². The summed E-state index contributed by atoms with van der Waals surface area (Å²) in [6.07, 6.45) is 1.38. The first-order valence-corrected chi connectivity index (χ1v) is 5.26. The second-order valence-corrected chi connectivity index (χ2v) is 3.59. The zero-order valence-electron chi connectivity index (χ0n) is 9.41. The van der Waals surface area contributed by atoms with E-state index in [1.807, 2.05) is 0 Å². The minimum atomic E-state index is -1.03. The number of nitrogens with zero attached hydrogens (tertiary/aromatic N) is 1. The summed E-state index contributed by atoms with van der Waals surface area (Å²) >= 11 is 0. The van der Waals surface area contributed by atoms with Crippen LogP contribution in [-0.2, 0) is 6.61 Å². The molecule has 5 heteroatoms. The van der Waals surface area contributed by atoms with Gasteiger partial charge in [-0.25, -0.2) is 9.78 Å². The van der Waals surface area contributed by atoms with Crippen LogP contribution < -0.4 is 4.74 Å². The van der Waals surface area contributed by atoms with Gasteiger partial charge in [-0.05, 0) is 23.8 Å². The lowest BCUT2D eigenvalue weighted by molar-refractivity contribution is 0.0696. The number of rotatable bonds is 4. The van der Waals surface area contributed by atoms with Gasteiger partial charge in [0.25, 0.3) is 0 Å². The quantitative estimate of drug-likeness (QED) is 0.861. The average molecular weight is 245 g/mol. The standard InChI is InChI=1S/C13H11NO4/c15-8-9-1-3-11(4-2-9)18-12-7-10(13(16)17)5-6-14-12/h1-7,15H,8H2,(H,16,17). The van der Waals surface area contributed by atoms with Gasteiger partial charge >= 0.3 is 5.97 Å². The van der Waals surface area contributed by atoms with Gasteiger partial charge in [0.2, 0.25) is 5.88 Å². The molecule has 0 fully saturated rings. The summed E-state index contributed by atoms with van der Waals surface area (Å²) < 4.78 is 5.41. The smallest absolute Gasteiger partial charge is 0.335 e. The lowest BCUT2D eigenvalue weighted by Gasteiger charge is -2.05. The molecule has 2 N–H and O–H groups in total. The van der Waals surface area contributed by atoms with E-state index in [1.165, 1.54) is 18.3 Å². The van der Waals surface area contributed by atoms with Crippen molar-refractivity contribution in [2.75, 3.05) is 0 Å². The number of aromatic carboxylic acids is 1. The number of aliphatic hydroxyl groups excluding tert-OH is 1. The van der Waals surface area contributed by atoms with Crippen molar-refractivity contribution in [3.05, 3.63) is 53.7 Å². The Morgan fingerprint density at radius 1 is 1.22 bits per heavy atom. The highest BCUT2D eigenvalue weighted by Crippen LogP contribution is 2.20. The Kier molecular flexibility index (Phi) is 3.54. The third kappa shape index (κ3) is 2.83. The number of pyridine rings is 1. The fourth-order valence-corrected chi connectivity index (χ4v) is 1.38. The largest absolute Gasteiger partial charge is 0.478 e. The Hall–Kier alpha value is -2.40. The molecule has 1 aromatic heterocycles. The first kappa shape index (κ1) is 12.1. The predicted octanol–water partition coefficient (Wildman–Crippen LogP) is 2.06. The van der Waals surface area contributed by atoms with Gasteiger partial charge in [-0.2, -0.15) is 0 Å². The van der Waals surface area contributed by atoms with E-state index in [-0.39, 0.29) is 18.1 Å². The third-order valence-electron chi connectivity index (χ3n) is 2.31. The van der Waals surface area contributed by atoms with Gasteiger partial charge in [-0.1, -0.05) is 12.1 Å². The minimum Gasteiger partial charge on any atom is -0.478 e. The average Bonchev–Trinajstić information content (AvgIpc) is 2.40. The van der Waals surface area contributed by atoms with Crippen molar-refractivity contribution in [1.82, 2.24) is 4.98 Å². The second kappa shape index (κ2) is 5.29. The van der Waals surface area contributed by atoms with Crippen LogP contribution in [-0.4, -0.2) is 21.2 Å². The number of hydrogen-bond acceptors (Lipinski definition) is 4. The molecule has 0 atom stereocenters. The number of carbonyl (C=O) groups is 1. The van der Waals surface area contributed by atoms with Crippen molar-refractivity contribution in [3.63, 3.8) is 0 Å². The van der Waals surface area contributed by atoms with Crippen LogP contribution in [0.3, 0.4) is 0 Å². The van der Waals surface area contributed by atoms with Crippen molar-refractivity contribution in [3.8, 4) is 11.6 Å². The van der Waals surface area contributed by atoms with Crippen LogP contribution in [0.2, 0.25) is 0 Å². The molecule has 0 saturated heterocycles. The van der Waals surface area contributed by atoms with E-state index in [0.717, 1.165) is 5.56 Å². The molecular weight excluding hydrogens is 234 g/mol. The molecule has 0 spiro atoms. The molecule has 1 heterocycles. The number of hydrogen-bond donors (Lipinski definition) is 2. The monoisotopic (exact) mass is 245 g/mol. The molecule has 2 rings (SSSR count). The normalized spacial score (nSPS) is 10.1. The SMILES string of the molecule is O=C(O)c1ccnc(Oc2ccc(CO)cc2)c1. The molecule has 0 saturated carbocycles. The van der Waals surface area contributed by atoms with E-state index >= 15 is 0 Å². The summed E-state index contributed by atoms with van der Waals surface area (Å²) in [4.78, 5) is 14.7. The topological polar surface area (TPSA) is 79.7 Å². The molecule has 0 aliphatic heterocycles. The molecular formula is C13H11NO4. The molecule has 0 bridgehead atoms. The van der Waals surface area contributed by atoms with Crippen LogP contribution >= 0.6 is 0 Å². The molecule has 5 nitrogen and oxygen atoms in total. The maximum atomic E-state index is 10.8. The summed E-state index contributed by atoms with van der Waals surface area (Å²) in [5.41, 5.74) is 0.890. The number of ether oxygens (including phenoxy) is 1. The molecule has 0 aliphatic carbocycles. The molecule has 0 unspecified atom stereocenters. The fraction of sp³-hybridized carbons (Fsp3) is 0.0769. The van der Waals surface area contributed by atoms with Crippen LogP contribution in [0, 0.1) is 0 Å². The summed E-state index contributed by atoms with van der Waals surface area (Å²) in [5.74, 6) is -0.285. The van der Waals surface area contributed by atoms with E-state index in [1.54, 1.807) is 24.3 Å². The van der Waals surface area contributed by atoms with Gasteiger partial charge in [0.05, 0.1) is 12.2 Å². The van der Waals surface area contributed by atoms with Crippen molar-refractivity contribution < 1.29 is 19.7 Å². The first-order chi connectivity index (χ1) is 8.69. The van der Waals surface area contributed by atoms with Crippen molar-refractivity contribution in [2.24, 2.45) is 0 Å². The number of carboxylic acid groups (broad SMARTS) is 1. The summed E-state index contributed by atoms with van der Waals surface area (Å²) in [6.45, 7) is -0.0347. The van der Waals surface area contributed by atoms with Gasteiger partial charge in [0, 0.05) is 12.3 Å². The lowest BCUT2D eigenvalue weighted by Crippen LogP contribution is -1.97. The van der Waals surface area contributed by atoms with Gasteiger partial charge in [-0.15, -0.1) is 0 Å². The lowest BCUT2D eigenvalue weighted by atomic mass is 10.2. The molecule has 2 aromatic rings. The molecule has 0 amide bonds. The predicted molar refractivity (Wildman–Crippen MR) is 63.6 cm³/mol. The van der Waals surface area contributed by atoms with E-state index in [9.17, 15) is 4.79 Å². The van der Waals surface area contributed by atoms with Gasteiger partial charge in [-0.3, -0.25) is 0 Å². The second-order valence-electron chi connectivity index (χ2n) is 3.59. The van der Waals surface area contributed by atoms with E-state index in [0.29, 0.717) is 5.75 Å². The van der Waals surface area contributed by atoms with Crippen molar-refractivity contribution in [1.29, 1.82) is 0 Å². The highest BCUT2D eigenvalue weighted by Gasteiger charge is 2.05. The van der Waals surface area contributed by atoms with Crippen LogP contribution in [0.1, 0.15) is 15.9 Å². The Balaban J connectivity index is 2.17. The van der Waals surface area contributed by atoms with Gasteiger partial charge in [0.1, 0.15) is 5.75 Å². The number of aliphatic hydroxyl groups is 1. The third-order valence-corrected chi connectivity index (χ3v) is 2.31. The Labute approximate surface area is 103 Å².